The van der Waals surface area contributed by atoms with E-state index in [0.717, 1.165) is 5.69 Å². The molecular formula is C20H28NO4P. The van der Waals surface area contributed by atoms with Crippen molar-refractivity contribution in [3.63, 3.8) is 0 Å². The lowest BCUT2D eigenvalue weighted by Crippen LogP contribution is -2.17. The number of methoxy groups -OCH3 is 1. The van der Waals surface area contributed by atoms with Crippen LogP contribution in [-0.4, -0.2) is 32.9 Å². The van der Waals surface area contributed by atoms with E-state index in [-0.39, 0.29) is 5.92 Å². The van der Waals surface area contributed by atoms with E-state index in [1.165, 1.54) is 7.11 Å². The van der Waals surface area contributed by atoms with Crippen molar-refractivity contribution in [1.29, 1.82) is 0 Å². The number of aliphatic hydroxyl groups is 1. The quantitative estimate of drug-likeness (QED) is 0.704. The van der Waals surface area contributed by atoms with Crippen LogP contribution in [0.25, 0.3) is 0 Å². The molecule has 0 heterocycles. The van der Waals surface area contributed by atoms with Crippen molar-refractivity contribution >= 4 is 18.4 Å². The Kier molecular flexibility index (Phi) is 6.87. The molecule has 1 N–H and O–H groups in total. The standard InChI is InChI=1S/C20H28NO4P/c1-15(2)14-25-26(23,17-12-10-16(11-13-17)21(3)4)20(22)18-8-6-7-9-19(18)24-5/h6-13,15,20,22H,14H2,1-5H3/t20-,26-/m0/s1. The van der Waals surface area contributed by atoms with Gasteiger partial charge in [-0.15, -0.1) is 0 Å². The third-order valence-corrected chi connectivity index (χ3v) is 6.54. The predicted molar refractivity (Wildman–Crippen MR) is 107 cm³/mol. The summed E-state index contributed by atoms with van der Waals surface area (Å²) in [5, 5.41) is 11.5. The Hall–Kier alpha value is -1.81. The van der Waals surface area contributed by atoms with E-state index in [4.69, 9.17) is 9.26 Å². The van der Waals surface area contributed by atoms with Gasteiger partial charge in [0.25, 0.3) is 7.37 Å². The number of para-hydroxylation sites is 1. The molecule has 142 valence electrons. The highest BCUT2D eigenvalue weighted by atomic mass is 31.2. The molecule has 0 saturated heterocycles. The second kappa shape index (κ2) is 8.72. The van der Waals surface area contributed by atoms with Crippen LogP contribution in [0, 0.1) is 5.92 Å². The first kappa shape index (κ1) is 20.5. The summed E-state index contributed by atoms with van der Waals surface area (Å²) in [5.41, 5.74) is 1.44. The van der Waals surface area contributed by atoms with E-state index < -0.39 is 13.2 Å². The first-order valence-electron chi connectivity index (χ1n) is 8.62. The van der Waals surface area contributed by atoms with Crippen LogP contribution in [0.3, 0.4) is 0 Å². The second-order valence-corrected chi connectivity index (χ2v) is 9.27. The van der Waals surface area contributed by atoms with Crippen molar-refractivity contribution in [3.05, 3.63) is 54.1 Å². The van der Waals surface area contributed by atoms with E-state index in [1.807, 2.05) is 45.0 Å². The van der Waals surface area contributed by atoms with Gasteiger partial charge < -0.3 is 19.3 Å². The Morgan fingerprint density at radius 2 is 1.69 bits per heavy atom. The fraction of sp³-hybridized carbons (Fsp3) is 0.400. The summed E-state index contributed by atoms with van der Waals surface area (Å²) in [4.78, 5) is 1.96. The minimum Gasteiger partial charge on any atom is -0.496 e. The van der Waals surface area contributed by atoms with Crippen LogP contribution in [0.15, 0.2) is 48.5 Å². The molecule has 0 aromatic heterocycles. The number of benzene rings is 2. The van der Waals surface area contributed by atoms with Gasteiger partial charge in [-0.1, -0.05) is 32.0 Å². The maximum Gasteiger partial charge on any atom is 0.264 e. The molecule has 0 radical (unpaired) electrons. The van der Waals surface area contributed by atoms with Gasteiger partial charge in [-0.2, -0.15) is 0 Å². The van der Waals surface area contributed by atoms with Gasteiger partial charge in [0.05, 0.1) is 13.7 Å². The number of ether oxygens (including phenoxy) is 1. The molecule has 2 aromatic carbocycles. The van der Waals surface area contributed by atoms with Crippen LogP contribution in [0.4, 0.5) is 5.69 Å². The van der Waals surface area contributed by atoms with E-state index in [9.17, 15) is 9.67 Å². The van der Waals surface area contributed by atoms with Gasteiger partial charge in [0.15, 0.2) is 5.85 Å². The van der Waals surface area contributed by atoms with Crippen molar-refractivity contribution < 1.29 is 18.9 Å². The number of nitrogens with zero attached hydrogens (tertiary/aromatic N) is 1. The molecular weight excluding hydrogens is 349 g/mol. The molecule has 5 nitrogen and oxygen atoms in total. The summed E-state index contributed by atoms with van der Waals surface area (Å²) in [5.74, 6) is -0.630. The highest BCUT2D eigenvalue weighted by Crippen LogP contribution is 2.59. The maximum atomic E-state index is 13.8. The highest BCUT2D eigenvalue weighted by Gasteiger charge is 2.38. The zero-order chi connectivity index (χ0) is 19.3. The van der Waals surface area contributed by atoms with Gasteiger partial charge in [0.2, 0.25) is 0 Å². The van der Waals surface area contributed by atoms with Crippen LogP contribution < -0.4 is 14.9 Å². The Bertz CT molecular complexity index is 759. The number of hydrogen-bond acceptors (Lipinski definition) is 5. The van der Waals surface area contributed by atoms with Gasteiger partial charge in [0, 0.05) is 30.7 Å². The molecule has 0 amide bonds. The summed E-state index contributed by atoms with van der Waals surface area (Å²) in [6.45, 7) is 4.25. The van der Waals surface area contributed by atoms with Crippen molar-refractivity contribution in [2.24, 2.45) is 5.92 Å². The lowest BCUT2D eigenvalue weighted by molar-refractivity contribution is 0.199. The molecule has 26 heavy (non-hydrogen) atoms. The molecule has 0 spiro atoms. The van der Waals surface area contributed by atoms with E-state index >= 15 is 0 Å². The van der Waals surface area contributed by atoms with E-state index in [1.54, 1.807) is 36.4 Å². The molecule has 0 aliphatic rings. The van der Waals surface area contributed by atoms with E-state index in [2.05, 4.69) is 0 Å². The minimum atomic E-state index is -3.57. The molecule has 0 unspecified atom stereocenters. The topological polar surface area (TPSA) is 59.0 Å². The smallest absolute Gasteiger partial charge is 0.264 e. The van der Waals surface area contributed by atoms with Crippen LogP contribution in [0.2, 0.25) is 0 Å². The van der Waals surface area contributed by atoms with Crippen LogP contribution in [0.5, 0.6) is 5.75 Å². The molecule has 0 saturated carbocycles. The number of rotatable bonds is 8. The van der Waals surface area contributed by atoms with Crippen molar-refractivity contribution in [1.82, 2.24) is 0 Å². The van der Waals surface area contributed by atoms with Crippen LogP contribution in [-0.2, 0) is 9.09 Å². The predicted octanol–water partition coefficient (Wildman–Crippen LogP) is 4.03. The number of hydrogen-bond donors (Lipinski definition) is 1. The van der Waals surface area contributed by atoms with Gasteiger partial charge in [-0.25, -0.2) is 0 Å². The van der Waals surface area contributed by atoms with Gasteiger partial charge in [0.1, 0.15) is 5.75 Å². The summed E-state index contributed by atoms with van der Waals surface area (Å²) in [6, 6.07) is 14.3. The molecule has 2 atom stereocenters. The number of aliphatic hydroxyl groups excluding tert-OH is 1. The Morgan fingerprint density at radius 3 is 2.23 bits per heavy atom. The van der Waals surface area contributed by atoms with E-state index in [0.29, 0.717) is 23.2 Å². The third kappa shape index (κ3) is 4.47. The van der Waals surface area contributed by atoms with Crippen molar-refractivity contribution in [3.8, 4) is 5.75 Å². The Morgan fingerprint density at radius 1 is 1.08 bits per heavy atom. The fourth-order valence-electron chi connectivity index (χ4n) is 2.57. The van der Waals surface area contributed by atoms with Gasteiger partial charge in [-0.05, 0) is 36.2 Å². The number of anilines is 1. The molecule has 0 fully saturated rings. The zero-order valence-electron chi connectivity index (χ0n) is 16.0. The lowest BCUT2D eigenvalue weighted by atomic mass is 10.2. The zero-order valence-corrected chi connectivity index (χ0v) is 16.9. The highest BCUT2D eigenvalue weighted by molar-refractivity contribution is 7.67. The van der Waals surface area contributed by atoms with Gasteiger partial charge >= 0.3 is 0 Å². The summed E-state index contributed by atoms with van der Waals surface area (Å²) in [6.07, 6.45) is 0. The van der Waals surface area contributed by atoms with Crippen molar-refractivity contribution in [2.45, 2.75) is 19.7 Å². The SMILES string of the molecule is COc1ccccc1[C@@H](O)[P@@](=O)(OCC(C)C)c1ccc(N(C)C)cc1. The first-order chi connectivity index (χ1) is 12.3. The maximum absolute atomic E-state index is 13.8. The largest absolute Gasteiger partial charge is 0.496 e. The van der Waals surface area contributed by atoms with Crippen molar-refractivity contribution in [2.75, 3.05) is 32.7 Å². The Balaban J connectivity index is 2.48. The lowest BCUT2D eigenvalue weighted by Gasteiger charge is -2.26. The fourth-order valence-corrected chi connectivity index (χ4v) is 4.80. The first-order valence-corrected chi connectivity index (χ1v) is 10.3. The Labute approximate surface area is 156 Å². The average molecular weight is 377 g/mol. The monoisotopic (exact) mass is 377 g/mol. The molecule has 0 bridgehead atoms. The van der Waals surface area contributed by atoms with Crippen LogP contribution >= 0.6 is 7.37 Å². The van der Waals surface area contributed by atoms with Gasteiger partial charge in [-0.3, -0.25) is 4.57 Å². The summed E-state index contributed by atoms with van der Waals surface area (Å²) in [7, 11) is 1.83. The minimum absolute atomic E-state index is 0.189. The average Bonchev–Trinajstić information content (AvgIpc) is 2.65. The molecule has 2 rings (SSSR count). The summed E-state index contributed by atoms with van der Waals surface area (Å²) >= 11 is 0. The second-order valence-electron chi connectivity index (χ2n) is 6.81. The molecule has 2 aromatic rings. The molecule has 0 aliphatic carbocycles. The molecule has 0 aliphatic heterocycles. The summed E-state index contributed by atoms with van der Waals surface area (Å²) < 4.78 is 25.0. The molecule has 6 heteroatoms. The van der Waals surface area contributed by atoms with Crippen LogP contribution in [0.1, 0.15) is 25.3 Å². The third-order valence-electron chi connectivity index (χ3n) is 4.06. The normalized spacial score (nSPS) is 14.7.